The molecule has 0 aliphatic rings. The van der Waals surface area contributed by atoms with Crippen molar-refractivity contribution in [2.45, 2.75) is 19.9 Å². The zero-order valence-electron chi connectivity index (χ0n) is 10.4. The number of hydrogen-bond donors (Lipinski definition) is 1. The maximum Gasteiger partial charge on any atom is 0.226 e. The molecule has 0 saturated carbocycles. The first-order chi connectivity index (χ1) is 9.04. The monoisotopic (exact) mass is 325 g/mol. The lowest BCUT2D eigenvalue weighted by Gasteiger charge is -2.06. The molecule has 0 unspecified atom stereocenters. The SMILES string of the molecule is Cc1cnn(CCC(=O)Nc2ccc(Br)cc2F)c1. The number of aromatic nitrogens is 2. The van der Waals surface area contributed by atoms with Crippen LogP contribution in [-0.2, 0) is 11.3 Å². The van der Waals surface area contributed by atoms with Gasteiger partial charge in [0.05, 0.1) is 11.9 Å². The Morgan fingerprint density at radius 3 is 2.95 bits per heavy atom. The number of aryl methyl sites for hydroxylation is 2. The predicted octanol–water partition coefficient (Wildman–Crippen LogP) is 3.12. The summed E-state index contributed by atoms with van der Waals surface area (Å²) in [6, 6.07) is 4.51. The van der Waals surface area contributed by atoms with Crippen LogP contribution in [-0.4, -0.2) is 15.7 Å². The minimum Gasteiger partial charge on any atom is -0.324 e. The van der Waals surface area contributed by atoms with Crippen LogP contribution in [0.5, 0.6) is 0 Å². The van der Waals surface area contributed by atoms with Crippen LogP contribution in [0.1, 0.15) is 12.0 Å². The van der Waals surface area contributed by atoms with Crippen LogP contribution in [0.15, 0.2) is 35.1 Å². The van der Waals surface area contributed by atoms with Gasteiger partial charge >= 0.3 is 0 Å². The summed E-state index contributed by atoms with van der Waals surface area (Å²) in [4.78, 5) is 11.7. The molecule has 0 saturated heterocycles. The maximum absolute atomic E-state index is 13.5. The van der Waals surface area contributed by atoms with E-state index in [1.807, 2.05) is 13.1 Å². The molecule has 0 aliphatic carbocycles. The number of rotatable bonds is 4. The zero-order chi connectivity index (χ0) is 13.8. The highest BCUT2D eigenvalue weighted by atomic mass is 79.9. The second-order valence-electron chi connectivity index (χ2n) is 4.20. The van der Waals surface area contributed by atoms with E-state index in [0.29, 0.717) is 11.0 Å². The fraction of sp³-hybridized carbons (Fsp3) is 0.231. The van der Waals surface area contributed by atoms with E-state index >= 15 is 0 Å². The number of amides is 1. The highest BCUT2D eigenvalue weighted by molar-refractivity contribution is 9.10. The van der Waals surface area contributed by atoms with E-state index in [-0.39, 0.29) is 18.0 Å². The average Bonchev–Trinajstić information content (AvgIpc) is 2.76. The molecule has 0 atom stereocenters. The molecular weight excluding hydrogens is 313 g/mol. The van der Waals surface area contributed by atoms with Gasteiger partial charge in [0.15, 0.2) is 0 Å². The van der Waals surface area contributed by atoms with E-state index in [0.717, 1.165) is 5.56 Å². The molecule has 0 radical (unpaired) electrons. The molecule has 1 N–H and O–H groups in total. The summed E-state index contributed by atoms with van der Waals surface area (Å²) < 4.78 is 15.8. The fourth-order valence-electron chi connectivity index (χ4n) is 1.61. The van der Waals surface area contributed by atoms with E-state index in [9.17, 15) is 9.18 Å². The Hall–Kier alpha value is -1.69. The zero-order valence-corrected chi connectivity index (χ0v) is 11.9. The van der Waals surface area contributed by atoms with Gasteiger partial charge in [0.2, 0.25) is 5.91 Å². The molecule has 2 rings (SSSR count). The first-order valence-electron chi connectivity index (χ1n) is 5.78. The van der Waals surface area contributed by atoms with Crippen molar-refractivity contribution >= 4 is 27.5 Å². The summed E-state index contributed by atoms with van der Waals surface area (Å²) in [7, 11) is 0. The second kappa shape index (κ2) is 5.97. The van der Waals surface area contributed by atoms with Gasteiger partial charge in [-0.3, -0.25) is 9.48 Å². The number of hydrogen-bond acceptors (Lipinski definition) is 2. The molecule has 6 heteroatoms. The van der Waals surface area contributed by atoms with Crippen molar-refractivity contribution in [1.29, 1.82) is 0 Å². The second-order valence-corrected chi connectivity index (χ2v) is 5.12. The van der Waals surface area contributed by atoms with Gasteiger partial charge in [-0.2, -0.15) is 5.10 Å². The third kappa shape index (κ3) is 3.89. The number of nitrogens with one attached hydrogen (secondary N) is 1. The molecule has 4 nitrogen and oxygen atoms in total. The first-order valence-corrected chi connectivity index (χ1v) is 6.58. The summed E-state index contributed by atoms with van der Waals surface area (Å²) in [6.45, 7) is 2.40. The largest absolute Gasteiger partial charge is 0.324 e. The van der Waals surface area contributed by atoms with Crippen molar-refractivity contribution in [1.82, 2.24) is 9.78 Å². The van der Waals surface area contributed by atoms with Gasteiger partial charge in [-0.15, -0.1) is 0 Å². The fourth-order valence-corrected chi connectivity index (χ4v) is 1.94. The summed E-state index contributed by atoms with van der Waals surface area (Å²) >= 11 is 3.16. The average molecular weight is 326 g/mol. The molecule has 0 aliphatic heterocycles. The van der Waals surface area contributed by atoms with Crippen molar-refractivity contribution in [3.05, 3.63) is 46.4 Å². The van der Waals surface area contributed by atoms with E-state index in [1.54, 1.807) is 16.9 Å². The number of nitrogens with zero attached hydrogens (tertiary/aromatic N) is 2. The van der Waals surface area contributed by atoms with E-state index < -0.39 is 5.82 Å². The van der Waals surface area contributed by atoms with Gasteiger partial charge in [-0.25, -0.2) is 4.39 Å². The Labute approximate surface area is 118 Å². The summed E-state index contributed by atoms with van der Waals surface area (Å²) in [5, 5.41) is 6.62. The Kier molecular flexibility index (Phi) is 4.31. The molecule has 1 heterocycles. The highest BCUT2D eigenvalue weighted by Crippen LogP contribution is 2.19. The normalized spacial score (nSPS) is 10.5. The van der Waals surface area contributed by atoms with Gasteiger partial charge in [0.1, 0.15) is 5.82 Å². The van der Waals surface area contributed by atoms with Crippen LogP contribution >= 0.6 is 15.9 Å². The molecule has 2 aromatic rings. The van der Waals surface area contributed by atoms with Gasteiger partial charge in [-0.1, -0.05) is 15.9 Å². The van der Waals surface area contributed by atoms with Crippen LogP contribution in [0.25, 0.3) is 0 Å². The van der Waals surface area contributed by atoms with Gasteiger partial charge in [-0.05, 0) is 30.7 Å². The van der Waals surface area contributed by atoms with Crippen molar-refractivity contribution < 1.29 is 9.18 Å². The molecule has 1 amide bonds. The smallest absolute Gasteiger partial charge is 0.226 e. The highest BCUT2D eigenvalue weighted by Gasteiger charge is 2.07. The van der Waals surface area contributed by atoms with Crippen molar-refractivity contribution in [2.75, 3.05) is 5.32 Å². The van der Waals surface area contributed by atoms with E-state index in [1.165, 1.54) is 12.1 Å². The Bertz CT molecular complexity index is 597. The third-order valence-corrected chi connectivity index (χ3v) is 3.03. The van der Waals surface area contributed by atoms with Crippen LogP contribution in [0.4, 0.5) is 10.1 Å². The molecule has 19 heavy (non-hydrogen) atoms. The number of anilines is 1. The lowest BCUT2D eigenvalue weighted by Crippen LogP contribution is -2.15. The van der Waals surface area contributed by atoms with Gasteiger partial charge in [0, 0.05) is 23.6 Å². The van der Waals surface area contributed by atoms with Crippen LogP contribution in [0.2, 0.25) is 0 Å². The standard InChI is InChI=1S/C13H13BrFN3O/c1-9-7-16-18(8-9)5-4-13(19)17-12-3-2-10(14)6-11(12)15/h2-3,6-8H,4-5H2,1H3,(H,17,19). The Morgan fingerprint density at radius 2 is 2.32 bits per heavy atom. The minimum absolute atomic E-state index is 0.185. The quantitative estimate of drug-likeness (QED) is 0.938. The molecule has 100 valence electrons. The molecule has 0 bridgehead atoms. The predicted molar refractivity (Wildman–Crippen MR) is 74.3 cm³/mol. The molecule has 1 aromatic heterocycles. The number of carbonyl (C=O) groups is 1. The molecular formula is C13H13BrFN3O. The minimum atomic E-state index is -0.461. The van der Waals surface area contributed by atoms with Gasteiger partial charge < -0.3 is 5.32 Å². The Balaban J connectivity index is 1.90. The number of carbonyl (C=O) groups excluding carboxylic acids is 1. The van der Waals surface area contributed by atoms with Crippen molar-refractivity contribution in [3.63, 3.8) is 0 Å². The van der Waals surface area contributed by atoms with Crippen LogP contribution in [0, 0.1) is 12.7 Å². The summed E-state index contributed by atoms with van der Waals surface area (Å²) in [5.74, 6) is -0.702. The lowest BCUT2D eigenvalue weighted by atomic mass is 10.3. The summed E-state index contributed by atoms with van der Waals surface area (Å²) in [6.07, 6.45) is 3.83. The molecule has 1 aromatic carbocycles. The number of benzene rings is 1. The van der Waals surface area contributed by atoms with Crippen molar-refractivity contribution in [3.8, 4) is 0 Å². The topological polar surface area (TPSA) is 46.9 Å². The Morgan fingerprint density at radius 1 is 1.53 bits per heavy atom. The van der Waals surface area contributed by atoms with Gasteiger partial charge in [0.25, 0.3) is 0 Å². The van der Waals surface area contributed by atoms with Crippen LogP contribution in [0.3, 0.4) is 0 Å². The molecule has 0 spiro atoms. The van der Waals surface area contributed by atoms with E-state index in [2.05, 4.69) is 26.3 Å². The number of halogens is 2. The third-order valence-electron chi connectivity index (χ3n) is 2.54. The van der Waals surface area contributed by atoms with Crippen molar-refractivity contribution in [2.24, 2.45) is 0 Å². The molecule has 0 fully saturated rings. The van der Waals surface area contributed by atoms with Crippen LogP contribution < -0.4 is 5.32 Å². The van der Waals surface area contributed by atoms with E-state index in [4.69, 9.17) is 0 Å². The lowest BCUT2D eigenvalue weighted by molar-refractivity contribution is -0.116. The first kappa shape index (κ1) is 13.7. The maximum atomic E-state index is 13.5. The summed E-state index contributed by atoms with van der Waals surface area (Å²) in [5.41, 5.74) is 1.23.